The van der Waals surface area contributed by atoms with Crippen LogP contribution in [-0.2, 0) is 10.0 Å². The summed E-state index contributed by atoms with van der Waals surface area (Å²) < 4.78 is 39.0. The lowest BCUT2D eigenvalue weighted by molar-refractivity contribution is 0.580. The molecule has 1 aromatic rings. The highest BCUT2D eigenvalue weighted by Crippen LogP contribution is 2.21. The Kier molecular flexibility index (Phi) is 4.75. The van der Waals surface area contributed by atoms with E-state index in [0.717, 1.165) is 12.1 Å². The minimum Gasteiger partial charge on any atom is -0.210 e. The summed E-state index contributed by atoms with van der Waals surface area (Å²) in [4.78, 5) is -0.228. The van der Waals surface area contributed by atoms with Crippen molar-refractivity contribution in [2.24, 2.45) is 0 Å². The topological polar surface area (TPSA) is 46.2 Å². The van der Waals surface area contributed by atoms with Gasteiger partial charge in [-0.3, -0.25) is 0 Å². The van der Waals surface area contributed by atoms with Crippen molar-refractivity contribution in [3.8, 4) is 0 Å². The number of halogens is 3. The van der Waals surface area contributed by atoms with E-state index >= 15 is 0 Å². The molecule has 0 unspecified atom stereocenters. The van der Waals surface area contributed by atoms with Gasteiger partial charge < -0.3 is 0 Å². The van der Waals surface area contributed by atoms with E-state index in [9.17, 15) is 12.8 Å². The molecule has 0 heterocycles. The summed E-state index contributed by atoms with van der Waals surface area (Å²) in [5.74, 6) is -0.630. The van der Waals surface area contributed by atoms with Gasteiger partial charge in [-0.25, -0.2) is 17.5 Å². The highest BCUT2D eigenvalue weighted by atomic mass is 127. The SMILES string of the molecule is O=S(=O)(NCCI)c1cc(F)ccc1Cl. The number of nitrogens with one attached hydrogen (secondary N) is 1. The molecule has 0 fully saturated rings. The van der Waals surface area contributed by atoms with Gasteiger partial charge >= 0.3 is 0 Å². The molecule has 0 radical (unpaired) electrons. The first-order valence-electron chi connectivity index (χ1n) is 3.98. The van der Waals surface area contributed by atoms with Crippen molar-refractivity contribution < 1.29 is 12.8 Å². The highest BCUT2D eigenvalue weighted by Gasteiger charge is 2.17. The fraction of sp³-hybridized carbons (Fsp3) is 0.250. The summed E-state index contributed by atoms with van der Waals surface area (Å²) in [6, 6.07) is 3.23. The monoisotopic (exact) mass is 363 g/mol. The lowest BCUT2D eigenvalue weighted by atomic mass is 10.3. The maximum absolute atomic E-state index is 12.8. The highest BCUT2D eigenvalue weighted by molar-refractivity contribution is 14.1. The average molecular weight is 364 g/mol. The van der Waals surface area contributed by atoms with Crippen LogP contribution in [-0.4, -0.2) is 19.4 Å². The number of sulfonamides is 1. The molecule has 3 nitrogen and oxygen atoms in total. The van der Waals surface area contributed by atoms with Crippen molar-refractivity contribution >= 4 is 44.2 Å². The van der Waals surface area contributed by atoms with Gasteiger partial charge in [-0.05, 0) is 18.2 Å². The molecule has 0 amide bonds. The number of benzene rings is 1. The van der Waals surface area contributed by atoms with Gasteiger partial charge in [0.1, 0.15) is 10.7 Å². The van der Waals surface area contributed by atoms with Gasteiger partial charge in [0, 0.05) is 11.0 Å². The van der Waals surface area contributed by atoms with Crippen LogP contribution in [0.4, 0.5) is 4.39 Å². The molecule has 0 spiro atoms. The Balaban J connectivity index is 3.09. The summed E-state index contributed by atoms with van der Waals surface area (Å²) in [6.07, 6.45) is 0. The van der Waals surface area contributed by atoms with Crippen molar-refractivity contribution in [2.45, 2.75) is 4.90 Å². The molecule has 7 heteroatoms. The molecule has 0 bridgehead atoms. The van der Waals surface area contributed by atoms with Crippen molar-refractivity contribution in [1.82, 2.24) is 4.72 Å². The van der Waals surface area contributed by atoms with Gasteiger partial charge in [0.15, 0.2) is 0 Å². The molecule has 15 heavy (non-hydrogen) atoms. The van der Waals surface area contributed by atoms with E-state index in [4.69, 9.17) is 11.6 Å². The van der Waals surface area contributed by atoms with E-state index in [1.54, 1.807) is 0 Å². The third-order valence-corrected chi connectivity index (χ3v) is 4.05. The molecule has 0 aliphatic heterocycles. The van der Waals surface area contributed by atoms with E-state index in [2.05, 4.69) is 4.72 Å². The maximum atomic E-state index is 12.8. The zero-order chi connectivity index (χ0) is 11.5. The normalized spacial score (nSPS) is 11.7. The first-order valence-corrected chi connectivity index (χ1v) is 7.37. The van der Waals surface area contributed by atoms with Crippen LogP contribution < -0.4 is 4.72 Å². The first kappa shape index (κ1) is 13.1. The Morgan fingerprint density at radius 2 is 2.13 bits per heavy atom. The van der Waals surface area contributed by atoms with Crippen LogP contribution in [0.25, 0.3) is 0 Å². The Bertz CT molecular complexity index is 452. The molecule has 84 valence electrons. The Morgan fingerprint density at radius 3 is 2.73 bits per heavy atom. The molecule has 0 saturated carbocycles. The van der Waals surface area contributed by atoms with E-state index in [-0.39, 0.29) is 16.5 Å². The Labute approximate surface area is 106 Å². The molecule has 0 aromatic heterocycles. The predicted molar refractivity (Wildman–Crippen MR) is 65.5 cm³/mol. The molecular formula is C8H8ClFINO2S. The van der Waals surface area contributed by atoms with Crippen molar-refractivity contribution in [2.75, 3.05) is 11.0 Å². The van der Waals surface area contributed by atoms with Gasteiger partial charge in [-0.1, -0.05) is 34.2 Å². The second-order valence-corrected chi connectivity index (χ2v) is 5.88. The third kappa shape index (κ3) is 3.54. The number of alkyl halides is 1. The molecule has 1 N–H and O–H groups in total. The molecule has 0 aliphatic carbocycles. The largest absolute Gasteiger partial charge is 0.242 e. The summed E-state index contributed by atoms with van der Waals surface area (Å²) in [6.45, 7) is 0.287. The predicted octanol–water partition coefficient (Wildman–Crippen LogP) is 2.19. The fourth-order valence-corrected chi connectivity index (χ4v) is 3.11. The third-order valence-electron chi connectivity index (χ3n) is 1.57. The van der Waals surface area contributed by atoms with Crippen molar-refractivity contribution in [1.29, 1.82) is 0 Å². The smallest absolute Gasteiger partial charge is 0.210 e. The van der Waals surface area contributed by atoms with E-state index in [0.29, 0.717) is 4.43 Å². The number of hydrogen-bond donors (Lipinski definition) is 1. The number of rotatable bonds is 4. The van der Waals surface area contributed by atoms with Crippen LogP contribution in [0.1, 0.15) is 0 Å². The fourth-order valence-electron chi connectivity index (χ4n) is 0.934. The lowest BCUT2D eigenvalue weighted by Crippen LogP contribution is -2.25. The van der Waals surface area contributed by atoms with Gasteiger partial charge in [0.2, 0.25) is 10.0 Å². The van der Waals surface area contributed by atoms with Gasteiger partial charge in [-0.2, -0.15) is 0 Å². The summed E-state index contributed by atoms with van der Waals surface area (Å²) in [7, 11) is -3.70. The molecular weight excluding hydrogens is 356 g/mol. The summed E-state index contributed by atoms with van der Waals surface area (Å²) >= 11 is 7.70. The number of hydrogen-bond acceptors (Lipinski definition) is 2. The zero-order valence-electron chi connectivity index (χ0n) is 7.50. The second-order valence-electron chi connectivity index (χ2n) is 2.66. The summed E-state index contributed by atoms with van der Waals surface area (Å²) in [5.41, 5.74) is 0. The molecule has 1 aromatic carbocycles. The quantitative estimate of drug-likeness (QED) is 0.658. The lowest BCUT2D eigenvalue weighted by Gasteiger charge is -2.06. The van der Waals surface area contributed by atoms with Crippen molar-refractivity contribution in [3.63, 3.8) is 0 Å². The molecule has 0 saturated heterocycles. The Hall–Kier alpha value is 0.0800. The van der Waals surface area contributed by atoms with Crippen LogP contribution in [0.3, 0.4) is 0 Å². The van der Waals surface area contributed by atoms with Gasteiger partial charge in [0.25, 0.3) is 0 Å². The van der Waals surface area contributed by atoms with Crippen molar-refractivity contribution in [3.05, 3.63) is 29.0 Å². The first-order chi connectivity index (χ1) is 6.97. The van der Waals surface area contributed by atoms with Gasteiger partial charge in [-0.15, -0.1) is 0 Å². The van der Waals surface area contributed by atoms with Crippen LogP contribution in [0.2, 0.25) is 5.02 Å². The van der Waals surface area contributed by atoms with Crippen LogP contribution in [0.5, 0.6) is 0 Å². The second kappa shape index (κ2) is 5.42. The minimum atomic E-state index is -3.70. The standard InChI is InChI=1S/C8H8ClFINO2S/c9-7-2-1-6(10)5-8(7)15(13,14)12-4-3-11/h1-2,5,12H,3-4H2. The van der Waals surface area contributed by atoms with Gasteiger partial charge in [0.05, 0.1) is 5.02 Å². The molecule has 0 atom stereocenters. The minimum absolute atomic E-state index is 0.0114. The maximum Gasteiger partial charge on any atom is 0.242 e. The zero-order valence-corrected chi connectivity index (χ0v) is 11.2. The average Bonchev–Trinajstić information content (AvgIpc) is 2.18. The Morgan fingerprint density at radius 1 is 1.47 bits per heavy atom. The van der Waals surface area contributed by atoms with E-state index in [1.165, 1.54) is 6.07 Å². The van der Waals surface area contributed by atoms with E-state index < -0.39 is 15.8 Å². The summed E-state index contributed by atoms with van der Waals surface area (Å²) in [5, 5.41) is 0.0114. The molecule has 1 rings (SSSR count). The van der Waals surface area contributed by atoms with Crippen LogP contribution in [0.15, 0.2) is 23.1 Å². The van der Waals surface area contributed by atoms with Crippen LogP contribution >= 0.6 is 34.2 Å². The van der Waals surface area contributed by atoms with E-state index in [1.807, 2.05) is 22.6 Å². The van der Waals surface area contributed by atoms with Crippen LogP contribution in [0, 0.1) is 5.82 Å². The molecule has 0 aliphatic rings.